The predicted molar refractivity (Wildman–Crippen MR) is 98.0 cm³/mol. The fraction of sp³-hybridized carbons (Fsp3) is 0.211. The predicted octanol–water partition coefficient (Wildman–Crippen LogP) is 3.75. The maximum atomic E-state index is 5.96. The van der Waals surface area contributed by atoms with Gasteiger partial charge in [0.25, 0.3) is 0 Å². The van der Waals surface area contributed by atoms with Crippen molar-refractivity contribution in [1.29, 1.82) is 0 Å². The first-order valence-electron chi connectivity index (χ1n) is 7.82. The highest BCUT2D eigenvalue weighted by Crippen LogP contribution is 2.22. The Labute approximate surface area is 136 Å². The molecule has 0 unspecified atom stereocenters. The third kappa shape index (κ3) is 3.54. The minimum absolute atomic E-state index is 0.449. The van der Waals surface area contributed by atoms with E-state index in [1.807, 2.05) is 24.3 Å². The second-order valence-electron chi connectivity index (χ2n) is 5.82. The summed E-state index contributed by atoms with van der Waals surface area (Å²) in [4.78, 5) is 7.74. The van der Waals surface area contributed by atoms with Gasteiger partial charge in [0.1, 0.15) is 0 Å². The summed E-state index contributed by atoms with van der Waals surface area (Å²) in [5.41, 5.74) is 11.9. The Kier molecular flexibility index (Phi) is 4.33. The van der Waals surface area contributed by atoms with Gasteiger partial charge in [-0.15, -0.1) is 0 Å². The number of aromatic nitrogens is 1. The highest BCUT2D eigenvalue weighted by atomic mass is 15.1. The van der Waals surface area contributed by atoms with Crippen molar-refractivity contribution in [3.63, 3.8) is 0 Å². The van der Waals surface area contributed by atoms with Crippen molar-refractivity contribution in [3.8, 4) is 0 Å². The number of aromatic amines is 1. The van der Waals surface area contributed by atoms with Crippen molar-refractivity contribution in [2.24, 2.45) is 10.7 Å². The third-order valence-electron chi connectivity index (χ3n) is 3.98. The van der Waals surface area contributed by atoms with Gasteiger partial charge in [-0.25, -0.2) is 0 Å². The van der Waals surface area contributed by atoms with Crippen LogP contribution in [0.1, 0.15) is 16.7 Å². The smallest absolute Gasteiger partial charge is 0.193 e. The number of hydrogen-bond acceptors (Lipinski definition) is 1. The van der Waals surface area contributed by atoms with Gasteiger partial charge in [0.15, 0.2) is 5.96 Å². The van der Waals surface area contributed by atoms with Gasteiger partial charge < -0.3 is 16.0 Å². The van der Waals surface area contributed by atoms with Crippen LogP contribution in [0.3, 0.4) is 0 Å². The van der Waals surface area contributed by atoms with Crippen LogP contribution in [0.25, 0.3) is 10.9 Å². The van der Waals surface area contributed by atoms with Gasteiger partial charge in [-0.1, -0.05) is 29.8 Å². The first-order valence-corrected chi connectivity index (χ1v) is 7.82. The van der Waals surface area contributed by atoms with Gasteiger partial charge in [0.05, 0.1) is 0 Å². The summed E-state index contributed by atoms with van der Waals surface area (Å²) in [5, 5.41) is 4.42. The van der Waals surface area contributed by atoms with Crippen molar-refractivity contribution in [3.05, 3.63) is 65.4 Å². The number of guanidine groups is 1. The summed E-state index contributed by atoms with van der Waals surface area (Å²) in [6, 6.07) is 14.4. The Morgan fingerprint density at radius 2 is 1.91 bits per heavy atom. The molecule has 0 spiro atoms. The molecule has 0 fully saturated rings. The fourth-order valence-corrected chi connectivity index (χ4v) is 2.77. The van der Waals surface area contributed by atoms with Crippen LogP contribution < -0.4 is 11.1 Å². The van der Waals surface area contributed by atoms with E-state index in [1.165, 1.54) is 27.6 Å². The molecule has 4 heteroatoms. The largest absolute Gasteiger partial charge is 0.370 e. The topological polar surface area (TPSA) is 66.2 Å². The van der Waals surface area contributed by atoms with Crippen molar-refractivity contribution >= 4 is 22.5 Å². The molecule has 0 amide bonds. The average Bonchev–Trinajstić information content (AvgIpc) is 2.94. The summed E-state index contributed by atoms with van der Waals surface area (Å²) in [6.45, 7) is 4.85. The van der Waals surface area contributed by atoms with E-state index in [1.54, 1.807) is 0 Å². The lowest BCUT2D eigenvalue weighted by atomic mass is 10.1. The summed E-state index contributed by atoms with van der Waals surface area (Å²) in [6.07, 6.45) is 2.93. The Bertz CT molecular complexity index is 828. The standard InChI is InChI=1S/C19H22N4/c1-13-6-8-16(9-7-13)23-19(20)21-11-10-15-12-22-17-5-3-4-14(2)18(15)17/h3-9,12,22H,10-11H2,1-2H3,(H3,20,21,23). The van der Waals surface area contributed by atoms with E-state index in [-0.39, 0.29) is 0 Å². The molecule has 2 aromatic carbocycles. The number of anilines is 1. The lowest BCUT2D eigenvalue weighted by Gasteiger charge is -2.06. The third-order valence-corrected chi connectivity index (χ3v) is 3.98. The molecule has 118 valence electrons. The molecule has 0 aliphatic rings. The van der Waals surface area contributed by atoms with E-state index in [2.05, 4.69) is 53.5 Å². The van der Waals surface area contributed by atoms with E-state index >= 15 is 0 Å². The molecule has 0 saturated carbocycles. The van der Waals surface area contributed by atoms with E-state index < -0.39 is 0 Å². The highest BCUT2D eigenvalue weighted by molar-refractivity contribution is 5.92. The molecule has 0 aliphatic carbocycles. The van der Waals surface area contributed by atoms with Crippen LogP contribution in [0.4, 0.5) is 5.69 Å². The Hall–Kier alpha value is -2.75. The number of hydrogen-bond donors (Lipinski definition) is 3. The zero-order valence-electron chi connectivity index (χ0n) is 13.6. The Balaban J connectivity index is 1.64. The maximum Gasteiger partial charge on any atom is 0.193 e. The molecular formula is C19H22N4. The normalized spacial score (nSPS) is 11.8. The van der Waals surface area contributed by atoms with Gasteiger partial charge in [-0.05, 0) is 49.6 Å². The molecule has 1 aromatic heterocycles. The van der Waals surface area contributed by atoms with Gasteiger partial charge in [0.2, 0.25) is 0 Å². The average molecular weight is 306 g/mol. The monoisotopic (exact) mass is 306 g/mol. The first kappa shape index (κ1) is 15.2. The fourth-order valence-electron chi connectivity index (χ4n) is 2.77. The number of H-pyrrole nitrogens is 1. The van der Waals surface area contributed by atoms with Gasteiger partial charge >= 0.3 is 0 Å². The molecule has 1 heterocycles. The van der Waals surface area contributed by atoms with E-state index in [4.69, 9.17) is 5.73 Å². The molecular weight excluding hydrogens is 284 g/mol. The van der Waals surface area contributed by atoms with Crippen LogP contribution in [0.2, 0.25) is 0 Å². The van der Waals surface area contributed by atoms with Gasteiger partial charge in [-0.3, -0.25) is 4.99 Å². The first-order chi connectivity index (χ1) is 11.1. The van der Waals surface area contributed by atoms with Crippen molar-refractivity contribution in [2.45, 2.75) is 20.3 Å². The second-order valence-corrected chi connectivity index (χ2v) is 5.82. The van der Waals surface area contributed by atoms with Crippen LogP contribution in [0.15, 0.2) is 53.7 Å². The second kappa shape index (κ2) is 6.57. The molecule has 3 rings (SSSR count). The van der Waals surface area contributed by atoms with E-state index in [0.717, 1.165) is 12.1 Å². The zero-order valence-corrected chi connectivity index (χ0v) is 13.6. The summed E-state index contributed by atoms with van der Waals surface area (Å²) in [7, 11) is 0. The molecule has 0 bridgehead atoms. The number of nitrogens with zero attached hydrogens (tertiary/aromatic N) is 1. The molecule has 4 N–H and O–H groups in total. The van der Waals surface area contributed by atoms with Crippen LogP contribution >= 0.6 is 0 Å². The zero-order chi connectivity index (χ0) is 16.2. The van der Waals surface area contributed by atoms with Gasteiger partial charge in [0, 0.05) is 29.3 Å². The van der Waals surface area contributed by atoms with Crippen LogP contribution in [0, 0.1) is 13.8 Å². The van der Waals surface area contributed by atoms with Crippen molar-refractivity contribution in [2.75, 3.05) is 11.9 Å². The number of rotatable bonds is 4. The minimum Gasteiger partial charge on any atom is -0.370 e. The molecule has 0 saturated heterocycles. The number of aliphatic imine (C=N–C) groups is 1. The SMILES string of the molecule is Cc1ccc(NC(N)=NCCc2c[nH]c3cccc(C)c23)cc1. The minimum atomic E-state index is 0.449. The maximum absolute atomic E-state index is 5.96. The highest BCUT2D eigenvalue weighted by Gasteiger charge is 2.05. The van der Waals surface area contributed by atoms with E-state index in [9.17, 15) is 0 Å². The molecule has 0 atom stereocenters. The number of nitrogens with one attached hydrogen (secondary N) is 2. The van der Waals surface area contributed by atoms with Crippen molar-refractivity contribution in [1.82, 2.24) is 4.98 Å². The molecule has 3 aromatic rings. The van der Waals surface area contributed by atoms with Gasteiger partial charge in [-0.2, -0.15) is 0 Å². The number of fused-ring (bicyclic) bond motifs is 1. The lowest BCUT2D eigenvalue weighted by molar-refractivity contribution is 0.971. The summed E-state index contributed by atoms with van der Waals surface area (Å²) >= 11 is 0. The number of benzene rings is 2. The molecule has 0 radical (unpaired) electrons. The summed E-state index contributed by atoms with van der Waals surface area (Å²) < 4.78 is 0. The Morgan fingerprint density at radius 1 is 1.13 bits per heavy atom. The summed E-state index contributed by atoms with van der Waals surface area (Å²) in [5.74, 6) is 0.449. The van der Waals surface area contributed by atoms with Crippen LogP contribution in [0.5, 0.6) is 0 Å². The van der Waals surface area contributed by atoms with E-state index in [0.29, 0.717) is 12.5 Å². The number of aryl methyl sites for hydroxylation is 2. The number of nitrogens with two attached hydrogens (primary N) is 1. The van der Waals surface area contributed by atoms with Crippen LogP contribution in [-0.2, 0) is 6.42 Å². The molecule has 4 nitrogen and oxygen atoms in total. The van der Waals surface area contributed by atoms with Crippen molar-refractivity contribution < 1.29 is 0 Å². The quantitative estimate of drug-likeness (QED) is 0.507. The molecule has 0 aliphatic heterocycles. The Morgan fingerprint density at radius 3 is 2.70 bits per heavy atom. The lowest BCUT2D eigenvalue weighted by Crippen LogP contribution is -2.23. The molecule has 23 heavy (non-hydrogen) atoms. The van der Waals surface area contributed by atoms with Crippen LogP contribution in [-0.4, -0.2) is 17.5 Å².